The van der Waals surface area contributed by atoms with Crippen molar-refractivity contribution in [2.45, 2.75) is 77.3 Å². The van der Waals surface area contributed by atoms with Crippen molar-refractivity contribution in [1.29, 1.82) is 0 Å². The number of carbonyl (C=O) groups excluding carboxylic acids is 2. The summed E-state index contributed by atoms with van der Waals surface area (Å²) in [6.45, 7) is 3.95. The van der Waals surface area contributed by atoms with Gasteiger partial charge in [0.05, 0.1) is 12.0 Å². The Morgan fingerprint density at radius 2 is 1.63 bits per heavy atom. The van der Waals surface area contributed by atoms with Crippen LogP contribution in [0.2, 0.25) is 0 Å². The molecule has 0 atom stereocenters. The highest BCUT2D eigenvalue weighted by Gasteiger charge is 2.56. The average molecular weight is 554 g/mol. The SMILES string of the molecule is CCOc1ccc(CN(CCc2c[nH]c3ccccc23)C(=O)CN(C(=O)C23CC4CC(CC(C4)C2)C3)C2CC2)cc1. The van der Waals surface area contributed by atoms with Gasteiger partial charge in [-0.2, -0.15) is 0 Å². The lowest BCUT2D eigenvalue weighted by atomic mass is 9.49. The molecule has 5 aliphatic rings. The van der Waals surface area contributed by atoms with E-state index in [4.69, 9.17) is 4.74 Å². The molecule has 41 heavy (non-hydrogen) atoms. The molecule has 0 aliphatic heterocycles. The molecule has 1 N–H and O–H groups in total. The van der Waals surface area contributed by atoms with Gasteiger partial charge in [0, 0.05) is 36.2 Å². The Morgan fingerprint density at radius 1 is 0.951 bits per heavy atom. The Balaban J connectivity index is 1.10. The van der Waals surface area contributed by atoms with Crippen molar-refractivity contribution in [2.75, 3.05) is 19.7 Å². The van der Waals surface area contributed by atoms with Crippen LogP contribution in [-0.4, -0.2) is 52.3 Å². The van der Waals surface area contributed by atoms with Crippen LogP contribution in [0.1, 0.15) is 69.4 Å². The highest BCUT2D eigenvalue weighted by Crippen LogP contribution is 2.61. The third kappa shape index (κ3) is 5.38. The van der Waals surface area contributed by atoms with Crippen molar-refractivity contribution in [3.63, 3.8) is 0 Å². The summed E-state index contributed by atoms with van der Waals surface area (Å²) >= 11 is 0. The molecule has 5 fully saturated rings. The fourth-order valence-electron chi connectivity index (χ4n) is 8.64. The maximum absolute atomic E-state index is 14.3. The quantitative estimate of drug-likeness (QED) is 0.301. The zero-order valence-electron chi connectivity index (χ0n) is 24.3. The number of aromatic nitrogens is 1. The second-order valence-corrected chi connectivity index (χ2v) is 13.4. The summed E-state index contributed by atoms with van der Waals surface area (Å²) in [5.74, 6) is 3.35. The van der Waals surface area contributed by atoms with Gasteiger partial charge in [-0.15, -0.1) is 0 Å². The van der Waals surface area contributed by atoms with Gasteiger partial charge < -0.3 is 19.5 Å². The van der Waals surface area contributed by atoms with Crippen LogP contribution in [0.15, 0.2) is 54.7 Å². The Hall–Kier alpha value is -3.28. The number of carbonyl (C=O) groups is 2. The van der Waals surface area contributed by atoms with E-state index < -0.39 is 0 Å². The van der Waals surface area contributed by atoms with Crippen molar-refractivity contribution in [1.82, 2.24) is 14.8 Å². The summed E-state index contributed by atoms with van der Waals surface area (Å²) in [4.78, 5) is 35.8. The molecule has 8 rings (SSSR count). The summed E-state index contributed by atoms with van der Waals surface area (Å²) in [6.07, 6.45) is 12.0. The van der Waals surface area contributed by atoms with Crippen LogP contribution in [0, 0.1) is 23.2 Å². The molecular weight excluding hydrogens is 510 g/mol. The largest absolute Gasteiger partial charge is 0.494 e. The van der Waals surface area contributed by atoms with E-state index in [2.05, 4.69) is 41.5 Å². The van der Waals surface area contributed by atoms with Gasteiger partial charge in [-0.05, 0) is 112 Å². The summed E-state index contributed by atoms with van der Waals surface area (Å²) < 4.78 is 5.64. The molecule has 6 heteroatoms. The Morgan fingerprint density at radius 3 is 2.29 bits per heavy atom. The maximum atomic E-state index is 14.3. The number of hydrogen-bond donors (Lipinski definition) is 1. The molecule has 6 nitrogen and oxygen atoms in total. The fraction of sp³-hybridized carbons (Fsp3) is 0.543. The zero-order chi connectivity index (χ0) is 28.0. The monoisotopic (exact) mass is 553 g/mol. The Kier molecular flexibility index (Phi) is 7.04. The number of H-pyrrole nitrogens is 1. The maximum Gasteiger partial charge on any atom is 0.242 e. The van der Waals surface area contributed by atoms with E-state index in [9.17, 15) is 9.59 Å². The Labute approximate surface area is 243 Å². The zero-order valence-corrected chi connectivity index (χ0v) is 24.3. The van der Waals surface area contributed by atoms with Crippen LogP contribution in [0.3, 0.4) is 0 Å². The molecule has 5 aliphatic carbocycles. The van der Waals surface area contributed by atoms with E-state index in [1.54, 1.807) is 0 Å². The number of benzene rings is 2. The van der Waals surface area contributed by atoms with Crippen LogP contribution in [0.4, 0.5) is 0 Å². The number of para-hydroxylation sites is 1. The van der Waals surface area contributed by atoms with Gasteiger partial charge in [-0.1, -0.05) is 30.3 Å². The van der Waals surface area contributed by atoms with Crippen molar-refractivity contribution >= 4 is 22.7 Å². The second kappa shape index (κ2) is 10.8. The van der Waals surface area contributed by atoms with Gasteiger partial charge in [0.1, 0.15) is 12.3 Å². The lowest BCUT2D eigenvalue weighted by Crippen LogP contribution is -2.56. The van der Waals surface area contributed by atoms with Crippen LogP contribution in [0.5, 0.6) is 5.75 Å². The number of rotatable bonds is 11. The van der Waals surface area contributed by atoms with Gasteiger partial charge in [0.15, 0.2) is 0 Å². The normalized spacial score (nSPS) is 26.3. The summed E-state index contributed by atoms with van der Waals surface area (Å²) in [5.41, 5.74) is 3.20. The third-order valence-corrected chi connectivity index (χ3v) is 10.3. The van der Waals surface area contributed by atoms with Crippen LogP contribution in [-0.2, 0) is 22.6 Å². The van der Waals surface area contributed by atoms with E-state index in [-0.39, 0.29) is 23.9 Å². The van der Waals surface area contributed by atoms with Crippen LogP contribution >= 0.6 is 0 Å². The van der Waals surface area contributed by atoms with Gasteiger partial charge >= 0.3 is 0 Å². The van der Waals surface area contributed by atoms with E-state index in [0.717, 1.165) is 55.4 Å². The summed E-state index contributed by atoms with van der Waals surface area (Å²) in [7, 11) is 0. The van der Waals surface area contributed by atoms with Crippen molar-refractivity contribution in [3.8, 4) is 5.75 Å². The molecule has 216 valence electrons. The van der Waals surface area contributed by atoms with Gasteiger partial charge in [-0.25, -0.2) is 0 Å². The van der Waals surface area contributed by atoms with Gasteiger partial charge in [0.25, 0.3) is 0 Å². The van der Waals surface area contributed by atoms with Gasteiger partial charge in [-0.3, -0.25) is 9.59 Å². The minimum atomic E-state index is -0.207. The lowest BCUT2D eigenvalue weighted by molar-refractivity contribution is -0.161. The molecule has 2 aromatic carbocycles. The smallest absolute Gasteiger partial charge is 0.242 e. The second-order valence-electron chi connectivity index (χ2n) is 13.4. The van der Waals surface area contributed by atoms with Crippen molar-refractivity contribution < 1.29 is 14.3 Å². The topological polar surface area (TPSA) is 65.6 Å². The molecule has 3 aromatic rings. The van der Waals surface area contributed by atoms with Crippen LogP contribution < -0.4 is 4.74 Å². The predicted octanol–water partition coefficient (Wildman–Crippen LogP) is 6.35. The molecule has 2 amide bonds. The number of fused-ring (bicyclic) bond motifs is 1. The van der Waals surface area contributed by atoms with E-state index in [0.29, 0.717) is 43.4 Å². The summed E-state index contributed by atoms with van der Waals surface area (Å²) in [5, 5.41) is 1.21. The first-order valence-electron chi connectivity index (χ1n) is 15.9. The minimum Gasteiger partial charge on any atom is -0.494 e. The third-order valence-electron chi connectivity index (χ3n) is 10.3. The number of amides is 2. The number of nitrogens with zero attached hydrogens (tertiary/aromatic N) is 2. The molecule has 0 unspecified atom stereocenters. The number of hydrogen-bond acceptors (Lipinski definition) is 3. The molecule has 1 aromatic heterocycles. The van der Waals surface area contributed by atoms with Crippen molar-refractivity contribution in [2.24, 2.45) is 23.2 Å². The Bertz CT molecular complexity index is 1370. The molecule has 5 saturated carbocycles. The summed E-state index contributed by atoms with van der Waals surface area (Å²) in [6, 6.07) is 16.6. The molecule has 1 heterocycles. The molecule has 0 spiro atoms. The highest BCUT2D eigenvalue weighted by atomic mass is 16.5. The van der Waals surface area contributed by atoms with Crippen LogP contribution in [0.25, 0.3) is 10.9 Å². The predicted molar refractivity (Wildman–Crippen MR) is 160 cm³/mol. The first-order valence-corrected chi connectivity index (χ1v) is 15.9. The standard InChI is InChI=1S/C35H43N3O3/c1-2-41-30-11-7-24(8-12-30)22-37(14-13-28-21-36-32-6-4-3-5-31(28)32)33(39)23-38(29-9-10-29)34(40)35-18-25-15-26(19-35)17-27(16-25)20-35/h3-8,11-12,21,25-27,29,36H,2,9-10,13-20,22-23H2,1H3. The van der Waals surface area contributed by atoms with Crippen molar-refractivity contribution in [3.05, 3.63) is 65.9 Å². The van der Waals surface area contributed by atoms with Gasteiger partial charge in [0.2, 0.25) is 11.8 Å². The van der Waals surface area contributed by atoms with E-state index in [1.807, 2.05) is 34.9 Å². The fourth-order valence-corrected chi connectivity index (χ4v) is 8.64. The average Bonchev–Trinajstić information content (AvgIpc) is 3.73. The molecule has 0 saturated heterocycles. The highest BCUT2D eigenvalue weighted by molar-refractivity contribution is 5.89. The first-order chi connectivity index (χ1) is 20.0. The number of aromatic amines is 1. The molecular formula is C35H43N3O3. The molecule has 0 radical (unpaired) electrons. The molecule has 4 bridgehead atoms. The minimum absolute atomic E-state index is 0.0590. The number of nitrogens with one attached hydrogen (secondary N) is 1. The van der Waals surface area contributed by atoms with E-state index in [1.165, 1.54) is 30.2 Å². The number of ether oxygens (including phenoxy) is 1. The lowest BCUT2D eigenvalue weighted by Gasteiger charge is -2.56. The van der Waals surface area contributed by atoms with E-state index >= 15 is 0 Å². The first kappa shape index (κ1) is 26.6.